The lowest BCUT2D eigenvalue weighted by atomic mass is 10.7. The Morgan fingerprint density at radius 2 is 1.95 bits per heavy atom. The van der Waals surface area contributed by atoms with E-state index >= 15 is 0 Å². The van der Waals surface area contributed by atoms with E-state index in [-0.39, 0.29) is 7.43 Å². The maximum Gasteiger partial charge on any atom is 0.269 e. The normalized spacial score (nSPS) is 8.40. The van der Waals surface area contributed by atoms with Gasteiger partial charge >= 0.3 is 0 Å². The van der Waals surface area contributed by atoms with Gasteiger partial charge in [0.1, 0.15) is 8.72 Å². The summed E-state index contributed by atoms with van der Waals surface area (Å²) in [7, 11) is -1.00. The molecule has 108 valence electrons. The smallest absolute Gasteiger partial charge is 0.269 e. The second kappa shape index (κ2) is 11.9. The molecular weight excluding hydrogens is 512 g/mol. The number of hydrogen-bond acceptors (Lipinski definition) is 2. The zero-order valence-corrected chi connectivity index (χ0v) is 14.2. The number of hydrogen-bond donors (Lipinski definition) is 2. The van der Waals surface area contributed by atoms with Crippen molar-refractivity contribution in [3.63, 3.8) is 0 Å². The third-order valence-corrected chi connectivity index (χ3v) is 3.42. The van der Waals surface area contributed by atoms with Crippen LogP contribution in [0.1, 0.15) is 8.80 Å². The summed E-state index contributed by atoms with van der Waals surface area (Å²) in [5, 5.41) is 12.9. The molecule has 0 bridgehead atoms. The van der Waals surface area contributed by atoms with Crippen LogP contribution in [0.5, 0.6) is 0 Å². The summed E-state index contributed by atoms with van der Waals surface area (Å²) in [6.45, 7) is 13.1. The molecule has 0 unspecified atom stereocenters. The molecule has 0 aromatic carbocycles. The van der Waals surface area contributed by atoms with Crippen molar-refractivity contribution in [2.24, 2.45) is 0 Å². The highest BCUT2D eigenvalue weighted by Crippen LogP contribution is 2.25. The van der Waals surface area contributed by atoms with Gasteiger partial charge in [-0.1, -0.05) is 42.4 Å². The molecule has 0 spiro atoms. The summed E-state index contributed by atoms with van der Waals surface area (Å²) in [4.78, 5) is 6.20. The number of nitrogens with one attached hydrogen (secondary N) is 2. The van der Waals surface area contributed by atoms with Gasteiger partial charge in [-0.2, -0.15) is 0 Å². The molecule has 20 heavy (non-hydrogen) atoms. The summed E-state index contributed by atoms with van der Waals surface area (Å²) in [5.41, 5.74) is 0. The van der Waals surface area contributed by atoms with Crippen molar-refractivity contribution in [2.75, 3.05) is 7.15 Å². The predicted molar refractivity (Wildman–Crippen MR) is 93.9 cm³/mol. The van der Waals surface area contributed by atoms with Crippen LogP contribution in [0, 0.1) is 20.5 Å². The van der Waals surface area contributed by atoms with Crippen molar-refractivity contribution in [3.8, 4) is 0 Å². The molecule has 6 nitrogen and oxygen atoms in total. The van der Waals surface area contributed by atoms with E-state index in [1.807, 2.05) is 45.2 Å². The van der Waals surface area contributed by atoms with E-state index in [0.717, 1.165) is 3.70 Å². The van der Waals surface area contributed by atoms with Crippen molar-refractivity contribution >= 4 is 68.4 Å². The number of alkyl halides is 1. The highest BCUT2D eigenvalue weighted by Gasteiger charge is 2.06. The van der Waals surface area contributed by atoms with Gasteiger partial charge < -0.3 is 9.69 Å². The number of aromatic nitrogens is 4. The first-order valence-corrected chi connectivity index (χ1v) is 6.74. The Balaban J connectivity index is 0. The Morgan fingerprint density at radius 3 is 2.15 bits per heavy atom. The predicted octanol–water partition coefficient (Wildman–Crippen LogP) is 5.01. The van der Waals surface area contributed by atoms with Crippen molar-refractivity contribution < 1.29 is 5.76 Å². The van der Waals surface area contributed by atoms with E-state index in [9.17, 15) is 4.39 Å². The highest BCUT2D eigenvalue weighted by atomic mass is 127. The van der Waals surface area contributed by atoms with Gasteiger partial charge in [0, 0.05) is 0 Å². The van der Waals surface area contributed by atoms with E-state index in [1.54, 1.807) is 6.07 Å². The van der Waals surface area contributed by atoms with Gasteiger partial charge in [-0.25, -0.2) is 10.2 Å². The molecule has 0 aliphatic heterocycles. The Bertz CT molecular complexity index is 618. The number of nitrogens with zero attached hydrogens (tertiary/aromatic N) is 4. The molecule has 2 aromatic rings. The number of rotatable bonds is 0. The van der Waals surface area contributed by atoms with Crippen molar-refractivity contribution in [3.05, 3.63) is 41.3 Å². The topological polar surface area (TPSA) is 66.1 Å². The van der Waals surface area contributed by atoms with E-state index in [2.05, 4.69) is 30.1 Å². The fourth-order valence-electron chi connectivity index (χ4n) is 0.717. The van der Waals surface area contributed by atoms with Crippen LogP contribution in [0.25, 0.3) is 9.69 Å². The molecule has 2 rings (SSSR count). The number of halogens is 4. The summed E-state index contributed by atoms with van der Waals surface area (Å²) >= 11 is 9.58. The molecule has 0 saturated carbocycles. The van der Waals surface area contributed by atoms with Crippen LogP contribution < -0.4 is 0 Å². The van der Waals surface area contributed by atoms with Crippen LogP contribution >= 0.6 is 56.8 Å². The van der Waals surface area contributed by atoms with Crippen LogP contribution in [-0.4, -0.2) is 27.5 Å². The van der Waals surface area contributed by atoms with E-state index in [4.69, 9.17) is 26.1 Å². The molecule has 10 heteroatoms. The van der Waals surface area contributed by atoms with Gasteiger partial charge in [-0.3, -0.25) is 4.39 Å². The molecule has 0 fully saturated rings. The van der Waals surface area contributed by atoms with E-state index in [0.29, 0.717) is 20.4 Å². The Labute approximate surface area is 149 Å². The first kappa shape index (κ1) is 19.1. The highest BCUT2D eigenvalue weighted by molar-refractivity contribution is 14.1. The SMILES string of the molecule is C.[2H]CF.[C-]#[N+]c1[nH]nc(I)c1Cl.[C-]#[N+]c1cc(I)n[nH]1. The average molecular weight is 523 g/mol. The molecule has 2 heterocycles. The Hall–Kier alpha value is -0.920. The van der Waals surface area contributed by atoms with Crippen LogP contribution in [0.3, 0.4) is 0 Å². The zero-order valence-electron chi connectivity index (χ0n) is 10.1. The lowest BCUT2D eigenvalue weighted by Crippen LogP contribution is -1.65. The average Bonchev–Trinajstić information content (AvgIpc) is 2.99. The van der Waals surface area contributed by atoms with Crippen molar-refractivity contribution in [2.45, 2.75) is 7.43 Å². The lowest BCUT2D eigenvalue weighted by Gasteiger charge is -1.79. The Morgan fingerprint density at radius 1 is 1.35 bits per heavy atom. The van der Waals surface area contributed by atoms with Gasteiger partial charge in [-0.05, 0) is 51.2 Å². The second-order valence-electron chi connectivity index (χ2n) is 2.48. The number of H-pyrrole nitrogens is 2. The minimum Gasteiger partial charge on any atom is -0.362 e. The van der Waals surface area contributed by atoms with Crippen LogP contribution in [0.15, 0.2) is 6.07 Å². The van der Waals surface area contributed by atoms with Gasteiger partial charge in [-0.15, -0.1) is 0 Å². The Kier molecular flexibility index (Phi) is 11.3. The molecule has 0 radical (unpaired) electrons. The standard InChI is InChI=1S/C4HClIN3.C4H2IN3.CH3F.CH4/c1-7-4-2(5)3(6)8-9-4;1-6-4-2-3(5)7-8-4;1-2;/h(H,8,9);2H,(H,7,8);1H3;1H4/i;;1D;. The van der Waals surface area contributed by atoms with Crippen molar-refractivity contribution in [1.82, 2.24) is 20.4 Å². The van der Waals surface area contributed by atoms with Gasteiger partial charge in [0.05, 0.1) is 8.52 Å². The van der Waals surface area contributed by atoms with Crippen molar-refractivity contribution in [1.29, 1.82) is 0 Å². The summed E-state index contributed by atoms with van der Waals surface area (Å²) in [6.07, 6.45) is 0. The summed E-state index contributed by atoms with van der Waals surface area (Å²) in [5.74, 6) is 0.801. The summed E-state index contributed by atoms with van der Waals surface area (Å²) < 4.78 is 17.0. The molecule has 0 amide bonds. The fourth-order valence-corrected chi connectivity index (χ4v) is 1.64. The molecule has 2 N–H and O–H groups in total. The van der Waals surface area contributed by atoms with Gasteiger partial charge in [0.15, 0.2) is 3.70 Å². The van der Waals surface area contributed by atoms with E-state index < -0.39 is 7.15 Å². The fraction of sp³-hybridized carbons (Fsp3) is 0.200. The quantitative estimate of drug-likeness (QED) is 0.377. The van der Waals surface area contributed by atoms with Gasteiger partial charge in [0.2, 0.25) is 0 Å². The van der Waals surface area contributed by atoms with E-state index in [1.165, 1.54) is 0 Å². The maximum absolute atomic E-state index is 9.96. The van der Waals surface area contributed by atoms with Gasteiger partial charge in [0.25, 0.3) is 11.6 Å². The molecule has 0 saturated heterocycles. The number of aromatic amines is 2. The second-order valence-corrected chi connectivity index (χ2v) is 4.98. The molecule has 0 atom stereocenters. The first-order valence-electron chi connectivity index (χ1n) is 4.91. The molecule has 0 aliphatic carbocycles. The zero-order chi connectivity index (χ0) is 15.5. The summed E-state index contributed by atoms with van der Waals surface area (Å²) in [6, 6.07) is 1.69. The third-order valence-electron chi connectivity index (χ3n) is 1.41. The van der Waals surface area contributed by atoms with Crippen LogP contribution in [0.2, 0.25) is 5.02 Å². The maximum atomic E-state index is 9.96. The third kappa shape index (κ3) is 7.02. The largest absolute Gasteiger partial charge is 0.362 e. The minimum absolute atomic E-state index is 0. The molecule has 2 aromatic heterocycles. The minimum atomic E-state index is -1.00. The lowest BCUT2D eigenvalue weighted by molar-refractivity contribution is 0.636. The molecule has 0 aliphatic rings. The van der Waals surface area contributed by atoms with Crippen LogP contribution in [-0.2, 0) is 0 Å². The molecular formula is C10H10ClFI2N6. The monoisotopic (exact) mass is 523 g/mol. The van der Waals surface area contributed by atoms with Crippen LogP contribution in [0.4, 0.5) is 16.0 Å². The first-order chi connectivity index (χ1) is 9.49.